The van der Waals surface area contributed by atoms with Crippen molar-refractivity contribution in [2.45, 2.75) is 58.4 Å². The van der Waals surface area contributed by atoms with Gasteiger partial charge in [-0.3, -0.25) is 9.32 Å². The van der Waals surface area contributed by atoms with Gasteiger partial charge >= 0.3 is 14.7 Å². The molecular formula is C28H38BrN4O8P. The maximum Gasteiger partial charge on any atom is 0.409 e. The first-order valence-corrected chi connectivity index (χ1v) is 15.7. The van der Waals surface area contributed by atoms with Crippen LogP contribution in [-0.2, 0) is 16.0 Å². The fraction of sp³-hybridized carbons (Fsp3) is 0.464. The lowest BCUT2D eigenvalue weighted by molar-refractivity contribution is -0.0233. The SMILES string of the molecule is CC.CCOC(=O)N1CCC2(CC1)CC(NC(=O)c1cccc3cn(COP(O)O)nc13)c1cc(Br)ccc1O2.CO. The molecule has 2 aliphatic rings. The number of nitrogens with zero attached hydrogens (tertiary/aromatic N) is 3. The Balaban J connectivity index is 0.00000116. The summed E-state index contributed by atoms with van der Waals surface area (Å²) >= 11 is 3.53. The zero-order valence-corrected chi connectivity index (χ0v) is 26.6. The zero-order valence-electron chi connectivity index (χ0n) is 24.1. The number of hydrogen-bond acceptors (Lipinski definition) is 9. The summed E-state index contributed by atoms with van der Waals surface area (Å²) < 4.78 is 18.8. The van der Waals surface area contributed by atoms with Crippen molar-refractivity contribution < 1.29 is 38.5 Å². The largest absolute Gasteiger partial charge is 0.487 e. The van der Waals surface area contributed by atoms with Crippen LogP contribution in [0.1, 0.15) is 62.0 Å². The normalized spacial score (nSPS) is 16.9. The number of amides is 2. The number of aromatic nitrogens is 2. The number of rotatable bonds is 6. The van der Waals surface area contributed by atoms with Crippen LogP contribution in [0.5, 0.6) is 5.75 Å². The highest BCUT2D eigenvalue weighted by Crippen LogP contribution is 2.45. The van der Waals surface area contributed by atoms with E-state index in [1.807, 2.05) is 38.1 Å². The number of ether oxygens (including phenoxy) is 2. The molecule has 0 bridgehead atoms. The van der Waals surface area contributed by atoms with Gasteiger partial charge in [-0.15, -0.1) is 0 Å². The number of carbonyl (C=O) groups is 2. The average Bonchev–Trinajstić information content (AvgIpc) is 3.42. The molecule has 1 unspecified atom stereocenters. The second-order valence-corrected chi connectivity index (χ2v) is 11.0. The molecule has 4 N–H and O–H groups in total. The molecule has 0 radical (unpaired) electrons. The lowest BCUT2D eigenvalue weighted by Crippen LogP contribution is -2.53. The molecule has 2 aliphatic heterocycles. The summed E-state index contributed by atoms with van der Waals surface area (Å²) in [6.45, 7) is 6.98. The summed E-state index contributed by atoms with van der Waals surface area (Å²) in [6, 6.07) is 10.7. The van der Waals surface area contributed by atoms with Crippen LogP contribution in [-0.4, -0.2) is 74.0 Å². The van der Waals surface area contributed by atoms with Crippen molar-refractivity contribution in [1.82, 2.24) is 20.0 Å². The van der Waals surface area contributed by atoms with Crippen LogP contribution in [0.2, 0.25) is 0 Å². The van der Waals surface area contributed by atoms with Gasteiger partial charge in [0.2, 0.25) is 0 Å². The number of hydrogen-bond donors (Lipinski definition) is 4. The van der Waals surface area contributed by atoms with E-state index in [-0.39, 0.29) is 24.8 Å². The maximum atomic E-state index is 13.6. The molecule has 1 saturated heterocycles. The number of benzene rings is 2. The van der Waals surface area contributed by atoms with Gasteiger partial charge in [-0.25, -0.2) is 9.48 Å². The fourth-order valence-corrected chi connectivity index (χ4v) is 5.68. The number of halogens is 1. The first-order chi connectivity index (χ1) is 20.3. The smallest absolute Gasteiger partial charge is 0.409 e. The third-order valence-corrected chi connectivity index (χ3v) is 7.73. The standard InChI is InChI=1S/C25H28BrN4O7P.C2H6.CH4O/c1-2-35-24(32)29-10-8-25(9-11-29)13-20(19-12-17(26)6-7-21(19)37-25)27-23(31)18-5-3-4-16-14-30(28-22(16)18)15-36-38(33)34;2*1-2/h3-7,12,14,20,33-34H,2,8-11,13,15H2,1H3,(H,27,31);1-2H3;2H,1H3. The molecule has 0 aliphatic carbocycles. The molecular weight excluding hydrogens is 631 g/mol. The minimum absolute atomic E-state index is 0.152. The van der Waals surface area contributed by atoms with Crippen LogP contribution >= 0.6 is 24.5 Å². The number of carbonyl (C=O) groups excluding carboxylic acids is 2. The fourth-order valence-electron chi connectivity index (χ4n) is 5.08. The molecule has 12 nitrogen and oxygen atoms in total. The van der Waals surface area contributed by atoms with Crippen LogP contribution in [0.15, 0.2) is 47.1 Å². The van der Waals surface area contributed by atoms with Gasteiger partial charge in [0.25, 0.3) is 5.91 Å². The van der Waals surface area contributed by atoms with E-state index in [9.17, 15) is 9.59 Å². The summed E-state index contributed by atoms with van der Waals surface area (Å²) in [5, 5.41) is 15.3. The lowest BCUT2D eigenvalue weighted by atomic mass is 9.80. The molecule has 2 amide bonds. The number of aliphatic hydroxyl groups excluding tert-OH is 1. The zero-order chi connectivity index (χ0) is 30.9. The molecule has 1 aromatic heterocycles. The Labute approximate surface area is 254 Å². The van der Waals surface area contributed by atoms with E-state index in [1.165, 1.54) is 4.68 Å². The van der Waals surface area contributed by atoms with E-state index in [0.29, 0.717) is 55.8 Å². The average molecular weight is 670 g/mol. The third kappa shape index (κ3) is 7.97. The lowest BCUT2D eigenvalue weighted by Gasteiger charge is -2.46. The van der Waals surface area contributed by atoms with Crippen LogP contribution in [0.25, 0.3) is 10.9 Å². The third-order valence-electron chi connectivity index (χ3n) is 6.89. The van der Waals surface area contributed by atoms with Crippen LogP contribution in [0, 0.1) is 0 Å². The maximum absolute atomic E-state index is 13.6. The number of aliphatic hydroxyl groups is 1. The van der Waals surface area contributed by atoms with E-state index < -0.39 is 14.2 Å². The molecule has 3 heterocycles. The molecule has 42 heavy (non-hydrogen) atoms. The molecule has 0 saturated carbocycles. The van der Waals surface area contributed by atoms with Crippen molar-refractivity contribution in [1.29, 1.82) is 0 Å². The predicted octanol–water partition coefficient (Wildman–Crippen LogP) is 4.86. The number of likely N-dealkylation sites (tertiary alicyclic amines) is 1. The highest BCUT2D eigenvalue weighted by atomic mass is 79.9. The second kappa shape index (κ2) is 15.6. The van der Waals surface area contributed by atoms with Gasteiger partial charge < -0.3 is 34.6 Å². The summed E-state index contributed by atoms with van der Waals surface area (Å²) in [7, 11) is -1.52. The van der Waals surface area contributed by atoms with Crippen LogP contribution in [0.3, 0.4) is 0 Å². The van der Waals surface area contributed by atoms with Crippen molar-refractivity contribution in [2.24, 2.45) is 0 Å². The number of piperidine rings is 1. The Morgan fingerprint density at radius 2 is 1.90 bits per heavy atom. The van der Waals surface area contributed by atoms with E-state index in [4.69, 9.17) is 28.9 Å². The Kier molecular flexibility index (Phi) is 12.5. The Bertz CT molecular complexity index is 1350. The Morgan fingerprint density at radius 3 is 2.57 bits per heavy atom. The molecule has 1 spiro atoms. The van der Waals surface area contributed by atoms with Crippen LogP contribution in [0.4, 0.5) is 4.79 Å². The number of fused-ring (bicyclic) bond motifs is 2. The molecule has 1 fully saturated rings. The van der Waals surface area contributed by atoms with Crippen molar-refractivity contribution in [3.8, 4) is 5.75 Å². The van der Waals surface area contributed by atoms with Crippen LogP contribution < -0.4 is 10.1 Å². The van der Waals surface area contributed by atoms with Crippen molar-refractivity contribution >= 4 is 47.4 Å². The molecule has 14 heteroatoms. The second-order valence-electron chi connectivity index (χ2n) is 9.31. The quantitative estimate of drug-likeness (QED) is 0.269. The van der Waals surface area contributed by atoms with E-state index in [1.54, 1.807) is 30.2 Å². The van der Waals surface area contributed by atoms with Gasteiger partial charge in [-0.05, 0) is 31.2 Å². The molecule has 230 valence electrons. The number of nitrogens with one attached hydrogen (secondary N) is 1. The molecule has 1 atom stereocenters. The summed E-state index contributed by atoms with van der Waals surface area (Å²) in [5.74, 6) is 0.420. The van der Waals surface area contributed by atoms with Gasteiger partial charge in [0, 0.05) is 61.1 Å². The first kappa shape index (κ1) is 33.7. The Hall–Kier alpha value is -2.80. The minimum Gasteiger partial charge on any atom is -0.487 e. The topological polar surface area (TPSA) is 156 Å². The minimum atomic E-state index is -2.52. The van der Waals surface area contributed by atoms with Crippen molar-refractivity contribution in [3.05, 3.63) is 58.2 Å². The summed E-state index contributed by atoms with van der Waals surface area (Å²) in [6.07, 6.45) is 3.14. The highest BCUT2D eigenvalue weighted by Gasteiger charge is 2.45. The summed E-state index contributed by atoms with van der Waals surface area (Å²) in [5.41, 5.74) is 1.22. The van der Waals surface area contributed by atoms with Gasteiger partial charge in [-0.2, -0.15) is 5.10 Å². The van der Waals surface area contributed by atoms with Crippen molar-refractivity contribution in [3.63, 3.8) is 0 Å². The Morgan fingerprint density at radius 1 is 1.19 bits per heavy atom. The first-order valence-electron chi connectivity index (χ1n) is 13.7. The highest BCUT2D eigenvalue weighted by molar-refractivity contribution is 9.10. The van der Waals surface area contributed by atoms with Gasteiger partial charge in [0.05, 0.1) is 18.2 Å². The molecule has 3 aromatic rings. The van der Waals surface area contributed by atoms with E-state index >= 15 is 0 Å². The van der Waals surface area contributed by atoms with E-state index in [0.717, 1.165) is 22.5 Å². The van der Waals surface area contributed by atoms with Gasteiger partial charge in [0.1, 0.15) is 23.6 Å². The van der Waals surface area contributed by atoms with E-state index in [2.05, 4.69) is 26.3 Å². The predicted molar refractivity (Wildman–Crippen MR) is 162 cm³/mol. The summed E-state index contributed by atoms with van der Waals surface area (Å²) in [4.78, 5) is 45.6. The monoisotopic (exact) mass is 668 g/mol. The van der Waals surface area contributed by atoms with Crippen molar-refractivity contribution in [2.75, 3.05) is 26.8 Å². The molecule has 2 aromatic carbocycles. The van der Waals surface area contributed by atoms with Gasteiger partial charge in [0.15, 0.2) is 0 Å². The molecule has 5 rings (SSSR count). The van der Waals surface area contributed by atoms with Gasteiger partial charge in [-0.1, -0.05) is 41.9 Å².